The smallest absolute Gasteiger partial charge is 0.239 e. The van der Waals surface area contributed by atoms with E-state index >= 15 is 0 Å². The van der Waals surface area contributed by atoms with Gasteiger partial charge in [-0.25, -0.2) is 0 Å². The molecule has 3 rings (SSSR count). The van der Waals surface area contributed by atoms with E-state index in [-0.39, 0.29) is 11.9 Å². The quantitative estimate of drug-likeness (QED) is 0.868. The van der Waals surface area contributed by atoms with Crippen molar-refractivity contribution in [3.63, 3.8) is 0 Å². The highest BCUT2D eigenvalue weighted by Gasteiger charge is 2.50. The molecule has 1 aliphatic heterocycles. The molecular formula is C20H27N5O2. The first-order chi connectivity index (χ1) is 12.7. The highest BCUT2D eigenvalue weighted by Crippen LogP contribution is 2.41. The van der Waals surface area contributed by atoms with E-state index in [0.29, 0.717) is 11.8 Å². The Balaban J connectivity index is 2.14. The third kappa shape index (κ3) is 3.07. The average Bonchev–Trinajstić information content (AvgIpc) is 3.02. The van der Waals surface area contributed by atoms with E-state index in [1.54, 1.807) is 18.8 Å². The van der Waals surface area contributed by atoms with Crippen molar-refractivity contribution in [3.8, 4) is 5.88 Å². The van der Waals surface area contributed by atoms with Crippen molar-refractivity contribution in [3.05, 3.63) is 47.2 Å². The molecule has 0 saturated carbocycles. The predicted molar refractivity (Wildman–Crippen MR) is 104 cm³/mol. The molecule has 1 aromatic carbocycles. The van der Waals surface area contributed by atoms with Crippen LogP contribution in [0.1, 0.15) is 49.4 Å². The Bertz CT molecular complexity index is 871. The number of carbonyl (C=O) groups excluding carboxylic acids is 1. The van der Waals surface area contributed by atoms with E-state index in [2.05, 4.69) is 36.4 Å². The van der Waals surface area contributed by atoms with Crippen LogP contribution in [0.15, 0.2) is 30.3 Å². The number of amides is 1. The third-order valence-corrected chi connectivity index (χ3v) is 5.40. The summed E-state index contributed by atoms with van der Waals surface area (Å²) in [4.78, 5) is 14.6. The predicted octanol–water partition coefficient (Wildman–Crippen LogP) is 2.55. The Morgan fingerprint density at radius 3 is 2.41 bits per heavy atom. The van der Waals surface area contributed by atoms with Crippen molar-refractivity contribution >= 4 is 11.9 Å². The highest BCUT2D eigenvalue weighted by atomic mass is 16.5. The largest absolute Gasteiger partial charge is 0.480 e. The molecule has 1 saturated heterocycles. The summed E-state index contributed by atoms with van der Waals surface area (Å²) in [6.07, 6.45) is 0. The number of nitrogens with one attached hydrogen (secondary N) is 2. The first-order valence-corrected chi connectivity index (χ1v) is 9.01. The molecule has 0 bridgehead atoms. The van der Waals surface area contributed by atoms with E-state index in [1.165, 1.54) is 10.5 Å². The van der Waals surface area contributed by atoms with E-state index in [4.69, 9.17) is 10.1 Å². The number of rotatable bonds is 4. The summed E-state index contributed by atoms with van der Waals surface area (Å²) in [6, 6.07) is 9.96. The fourth-order valence-corrected chi connectivity index (χ4v) is 3.74. The normalized spacial score (nSPS) is 22.9. The first-order valence-electron chi connectivity index (χ1n) is 9.01. The van der Waals surface area contributed by atoms with Gasteiger partial charge in [-0.15, -0.1) is 5.10 Å². The van der Waals surface area contributed by atoms with Gasteiger partial charge in [0.15, 0.2) is 5.96 Å². The summed E-state index contributed by atoms with van der Waals surface area (Å²) in [5, 5.41) is 15.8. The number of likely N-dealkylation sites (N-methyl/N-ethyl adjacent to an activating group) is 1. The van der Waals surface area contributed by atoms with Gasteiger partial charge >= 0.3 is 0 Å². The molecule has 144 valence electrons. The van der Waals surface area contributed by atoms with Crippen molar-refractivity contribution in [1.29, 1.82) is 5.41 Å². The van der Waals surface area contributed by atoms with Gasteiger partial charge in [-0.3, -0.25) is 19.8 Å². The molecule has 2 atom stereocenters. The molecule has 1 amide bonds. The minimum atomic E-state index is -0.835. The van der Waals surface area contributed by atoms with E-state index in [0.717, 1.165) is 11.3 Å². The molecule has 7 heteroatoms. The van der Waals surface area contributed by atoms with Crippen molar-refractivity contribution < 1.29 is 9.53 Å². The Morgan fingerprint density at radius 1 is 1.26 bits per heavy atom. The topological polar surface area (TPSA) is 83.2 Å². The molecule has 1 aromatic heterocycles. The first kappa shape index (κ1) is 18.9. The zero-order chi connectivity index (χ0) is 19.9. The molecule has 27 heavy (non-hydrogen) atoms. The van der Waals surface area contributed by atoms with Gasteiger partial charge in [0.25, 0.3) is 0 Å². The molecule has 2 heterocycles. The van der Waals surface area contributed by atoms with Gasteiger partial charge in [0, 0.05) is 20.2 Å². The Morgan fingerprint density at radius 2 is 1.89 bits per heavy atom. The molecule has 2 unspecified atom stereocenters. The van der Waals surface area contributed by atoms with Crippen molar-refractivity contribution in [1.82, 2.24) is 20.0 Å². The molecule has 1 fully saturated rings. The monoisotopic (exact) mass is 369 g/mol. The van der Waals surface area contributed by atoms with Crippen LogP contribution in [0, 0.1) is 5.41 Å². The maximum Gasteiger partial charge on any atom is 0.239 e. The van der Waals surface area contributed by atoms with Gasteiger partial charge in [-0.1, -0.05) is 38.1 Å². The number of aromatic nitrogens is 2. The van der Waals surface area contributed by atoms with Gasteiger partial charge in [0.05, 0.1) is 24.3 Å². The number of benzene rings is 1. The minimum absolute atomic E-state index is 0.0673. The van der Waals surface area contributed by atoms with Crippen LogP contribution in [0.5, 0.6) is 5.88 Å². The SMILES string of the molecule is COc1cc(C2(C)NC(=N)N(C)C(=O)C2c2ccc(C(C)C)cc2)n(C)n1. The lowest BCUT2D eigenvalue weighted by Crippen LogP contribution is -2.63. The molecule has 0 spiro atoms. The maximum absolute atomic E-state index is 13.2. The van der Waals surface area contributed by atoms with Crippen LogP contribution in [-0.4, -0.2) is 40.7 Å². The second-order valence-electron chi connectivity index (χ2n) is 7.52. The summed E-state index contributed by atoms with van der Waals surface area (Å²) in [7, 11) is 5.00. The number of methoxy groups -OCH3 is 1. The van der Waals surface area contributed by atoms with Gasteiger partial charge < -0.3 is 10.1 Å². The van der Waals surface area contributed by atoms with Gasteiger partial charge in [0.1, 0.15) is 0 Å². The Kier molecular flexibility index (Phi) is 4.71. The van der Waals surface area contributed by atoms with Gasteiger partial charge in [-0.2, -0.15) is 0 Å². The van der Waals surface area contributed by atoms with Crippen LogP contribution in [0.2, 0.25) is 0 Å². The van der Waals surface area contributed by atoms with Crippen molar-refractivity contribution in [2.75, 3.05) is 14.2 Å². The molecule has 0 radical (unpaired) electrons. The van der Waals surface area contributed by atoms with Crippen molar-refractivity contribution in [2.45, 2.75) is 38.1 Å². The second kappa shape index (κ2) is 6.72. The van der Waals surface area contributed by atoms with Crippen LogP contribution < -0.4 is 10.1 Å². The van der Waals surface area contributed by atoms with Crippen LogP contribution in [0.25, 0.3) is 0 Å². The lowest BCUT2D eigenvalue weighted by Gasteiger charge is -2.45. The summed E-state index contributed by atoms with van der Waals surface area (Å²) >= 11 is 0. The molecule has 2 N–H and O–H groups in total. The average molecular weight is 369 g/mol. The maximum atomic E-state index is 13.2. The van der Waals surface area contributed by atoms with Crippen LogP contribution in [0.4, 0.5) is 0 Å². The number of carbonyl (C=O) groups is 1. The van der Waals surface area contributed by atoms with Crippen LogP contribution in [-0.2, 0) is 17.4 Å². The van der Waals surface area contributed by atoms with E-state index in [1.807, 2.05) is 32.2 Å². The molecule has 0 aliphatic carbocycles. The molecule has 7 nitrogen and oxygen atoms in total. The lowest BCUT2D eigenvalue weighted by atomic mass is 9.75. The second-order valence-corrected chi connectivity index (χ2v) is 7.52. The highest BCUT2D eigenvalue weighted by molar-refractivity contribution is 6.02. The standard InChI is InChI=1S/C20H27N5O2/c1-12(2)13-7-9-14(10-8-13)17-18(26)24(4)19(21)22-20(17,3)15-11-16(27-6)23-25(15)5/h7-12,17H,1-6H3,(H2,21,22). The zero-order valence-corrected chi connectivity index (χ0v) is 16.7. The van der Waals surface area contributed by atoms with E-state index < -0.39 is 11.5 Å². The summed E-state index contributed by atoms with van der Waals surface area (Å²) in [5.41, 5.74) is 2.07. The fraction of sp³-hybridized carbons (Fsp3) is 0.450. The van der Waals surface area contributed by atoms with E-state index in [9.17, 15) is 4.79 Å². The molecule has 2 aromatic rings. The van der Waals surface area contributed by atoms with Crippen LogP contribution in [0.3, 0.4) is 0 Å². The van der Waals surface area contributed by atoms with Gasteiger partial charge in [-0.05, 0) is 24.0 Å². The zero-order valence-electron chi connectivity index (χ0n) is 16.7. The number of guanidine groups is 1. The van der Waals surface area contributed by atoms with Crippen molar-refractivity contribution in [2.24, 2.45) is 7.05 Å². The molecule has 1 aliphatic rings. The third-order valence-electron chi connectivity index (χ3n) is 5.40. The summed E-state index contributed by atoms with van der Waals surface area (Å²) < 4.78 is 6.96. The van der Waals surface area contributed by atoms with Gasteiger partial charge in [0.2, 0.25) is 11.8 Å². The minimum Gasteiger partial charge on any atom is -0.480 e. The molecular weight excluding hydrogens is 342 g/mol. The Labute approximate surface area is 159 Å². The number of hydrogen-bond acceptors (Lipinski definition) is 4. The Hall–Kier alpha value is -2.83. The lowest BCUT2D eigenvalue weighted by molar-refractivity contribution is -0.131. The summed E-state index contributed by atoms with van der Waals surface area (Å²) in [6.45, 7) is 6.22. The number of aryl methyl sites for hydroxylation is 1. The van der Waals surface area contributed by atoms with Crippen LogP contribution >= 0.6 is 0 Å². The number of ether oxygens (including phenoxy) is 1. The number of nitrogens with zero attached hydrogens (tertiary/aromatic N) is 3. The summed E-state index contributed by atoms with van der Waals surface area (Å²) in [5.74, 6) is 0.333. The number of hydrogen-bond donors (Lipinski definition) is 2. The fourth-order valence-electron chi connectivity index (χ4n) is 3.74.